The quantitative estimate of drug-likeness (QED) is 0.872. The van der Waals surface area contributed by atoms with Crippen molar-refractivity contribution in [3.05, 3.63) is 21.9 Å². The summed E-state index contributed by atoms with van der Waals surface area (Å²) in [6, 6.07) is 3.18. The molecular weight excluding hydrogens is 228 g/mol. The van der Waals surface area contributed by atoms with Gasteiger partial charge < -0.3 is 5.73 Å². The molecule has 0 saturated heterocycles. The fourth-order valence-electron chi connectivity index (χ4n) is 2.67. The van der Waals surface area contributed by atoms with Crippen molar-refractivity contribution < 1.29 is 0 Å². The highest BCUT2D eigenvalue weighted by Crippen LogP contribution is 2.32. The van der Waals surface area contributed by atoms with Gasteiger partial charge in [-0.15, -0.1) is 11.3 Å². The van der Waals surface area contributed by atoms with Gasteiger partial charge in [0.2, 0.25) is 0 Å². The molecule has 2 unspecified atom stereocenters. The van der Waals surface area contributed by atoms with Crippen molar-refractivity contribution >= 4 is 11.3 Å². The molecule has 0 fully saturated rings. The Morgan fingerprint density at radius 1 is 1.59 bits per heavy atom. The van der Waals surface area contributed by atoms with Crippen LogP contribution in [0.3, 0.4) is 0 Å². The van der Waals surface area contributed by atoms with E-state index >= 15 is 0 Å². The van der Waals surface area contributed by atoms with E-state index in [1.54, 1.807) is 4.88 Å². The highest BCUT2D eigenvalue weighted by molar-refractivity contribution is 7.10. The van der Waals surface area contributed by atoms with Crippen LogP contribution in [0.5, 0.6) is 0 Å². The number of nitrogens with two attached hydrogens (primary N) is 1. The Morgan fingerprint density at radius 3 is 3.18 bits per heavy atom. The van der Waals surface area contributed by atoms with E-state index in [2.05, 4.69) is 30.2 Å². The van der Waals surface area contributed by atoms with E-state index in [1.165, 1.54) is 31.4 Å². The van der Waals surface area contributed by atoms with Gasteiger partial charge in [0, 0.05) is 30.1 Å². The van der Waals surface area contributed by atoms with Crippen LogP contribution in [0.1, 0.15) is 49.6 Å². The number of fused-ring (bicyclic) bond motifs is 1. The Hall–Kier alpha value is -0.380. The largest absolute Gasteiger partial charge is 0.327 e. The molecule has 2 heterocycles. The van der Waals surface area contributed by atoms with Gasteiger partial charge in [-0.05, 0) is 36.8 Å². The van der Waals surface area contributed by atoms with Gasteiger partial charge in [-0.2, -0.15) is 0 Å². The van der Waals surface area contributed by atoms with Crippen molar-refractivity contribution in [3.63, 3.8) is 0 Å². The number of nitrogens with zero attached hydrogens (tertiary/aromatic N) is 1. The molecular formula is C14H24N2S. The van der Waals surface area contributed by atoms with E-state index in [0.717, 1.165) is 13.0 Å². The summed E-state index contributed by atoms with van der Waals surface area (Å²) in [5.41, 5.74) is 7.74. The SMILES string of the molecule is CCCCC(N)CN1CCc2sccc2C1C. The monoisotopic (exact) mass is 252 g/mol. The van der Waals surface area contributed by atoms with Crippen molar-refractivity contribution in [3.8, 4) is 0 Å². The zero-order valence-corrected chi connectivity index (χ0v) is 11.8. The molecule has 1 aliphatic rings. The first-order valence-corrected chi connectivity index (χ1v) is 7.66. The lowest BCUT2D eigenvalue weighted by Crippen LogP contribution is -2.41. The summed E-state index contributed by atoms with van der Waals surface area (Å²) < 4.78 is 0. The molecule has 2 rings (SSSR count). The summed E-state index contributed by atoms with van der Waals surface area (Å²) in [5, 5.41) is 2.22. The lowest BCUT2D eigenvalue weighted by atomic mass is 10.00. The predicted molar refractivity (Wildman–Crippen MR) is 75.5 cm³/mol. The van der Waals surface area contributed by atoms with Crippen molar-refractivity contribution in [2.24, 2.45) is 5.73 Å². The van der Waals surface area contributed by atoms with Crippen molar-refractivity contribution in [1.82, 2.24) is 4.90 Å². The van der Waals surface area contributed by atoms with Crippen LogP contribution in [0.15, 0.2) is 11.4 Å². The van der Waals surface area contributed by atoms with Crippen LogP contribution >= 0.6 is 11.3 Å². The number of unbranched alkanes of at least 4 members (excludes halogenated alkanes) is 1. The van der Waals surface area contributed by atoms with Crippen LogP contribution in [-0.2, 0) is 6.42 Å². The number of hydrogen-bond donors (Lipinski definition) is 1. The molecule has 0 amide bonds. The van der Waals surface area contributed by atoms with E-state index in [1.807, 2.05) is 11.3 Å². The molecule has 0 radical (unpaired) electrons. The van der Waals surface area contributed by atoms with Crippen molar-refractivity contribution in [2.45, 2.75) is 51.6 Å². The Bertz CT molecular complexity index is 348. The first-order valence-electron chi connectivity index (χ1n) is 6.78. The van der Waals surface area contributed by atoms with Crippen LogP contribution in [0.4, 0.5) is 0 Å². The molecule has 0 aliphatic carbocycles. The average Bonchev–Trinajstić information content (AvgIpc) is 2.79. The van der Waals surface area contributed by atoms with Gasteiger partial charge >= 0.3 is 0 Å². The molecule has 0 saturated carbocycles. The van der Waals surface area contributed by atoms with Crippen molar-refractivity contribution in [2.75, 3.05) is 13.1 Å². The van der Waals surface area contributed by atoms with Gasteiger partial charge in [-0.1, -0.05) is 19.8 Å². The van der Waals surface area contributed by atoms with E-state index in [9.17, 15) is 0 Å². The third-order valence-corrected chi connectivity index (χ3v) is 4.80. The molecule has 0 spiro atoms. The zero-order valence-electron chi connectivity index (χ0n) is 11.0. The molecule has 1 aliphatic heterocycles. The van der Waals surface area contributed by atoms with Crippen molar-refractivity contribution in [1.29, 1.82) is 0 Å². The summed E-state index contributed by atoms with van der Waals surface area (Å²) in [6.45, 7) is 6.77. The van der Waals surface area contributed by atoms with Crippen LogP contribution in [0.2, 0.25) is 0 Å². The van der Waals surface area contributed by atoms with Gasteiger partial charge in [-0.25, -0.2) is 0 Å². The second-order valence-electron chi connectivity index (χ2n) is 5.12. The first kappa shape index (κ1) is 13.1. The molecule has 17 heavy (non-hydrogen) atoms. The van der Waals surface area contributed by atoms with Gasteiger partial charge in [0.1, 0.15) is 0 Å². The zero-order chi connectivity index (χ0) is 12.3. The smallest absolute Gasteiger partial charge is 0.0331 e. The Morgan fingerprint density at radius 2 is 2.41 bits per heavy atom. The van der Waals surface area contributed by atoms with Crippen LogP contribution in [0.25, 0.3) is 0 Å². The second-order valence-corrected chi connectivity index (χ2v) is 6.12. The fourth-order valence-corrected chi connectivity index (χ4v) is 3.63. The lowest BCUT2D eigenvalue weighted by molar-refractivity contribution is 0.185. The Labute approximate surface area is 109 Å². The van der Waals surface area contributed by atoms with E-state index in [-0.39, 0.29) is 0 Å². The normalized spacial score (nSPS) is 22.4. The number of thiophene rings is 1. The molecule has 3 heteroatoms. The Kier molecular flexibility index (Phi) is 4.60. The molecule has 1 aromatic heterocycles. The molecule has 0 bridgehead atoms. The second kappa shape index (κ2) is 5.98. The minimum absolute atomic E-state index is 0.345. The van der Waals surface area contributed by atoms with Gasteiger partial charge in [0.05, 0.1) is 0 Å². The minimum Gasteiger partial charge on any atom is -0.327 e. The molecule has 2 atom stereocenters. The highest BCUT2D eigenvalue weighted by Gasteiger charge is 2.25. The topological polar surface area (TPSA) is 29.3 Å². The van der Waals surface area contributed by atoms with Crippen LogP contribution in [0, 0.1) is 0 Å². The summed E-state index contributed by atoms with van der Waals surface area (Å²) >= 11 is 1.91. The summed E-state index contributed by atoms with van der Waals surface area (Å²) in [6.07, 6.45) is 4.87. The predicted octanol–water partition coefficient (Wildman–Crippen LogP) is 3.18. The molecule has 2 nitrogen and oxygen atoms in total. The molecule has 2 N–H and O–H groups in total. The molecule has 0 aromatic carbocycles. The summed E-state index contributed by atoms with van der Waals surface area (Å²) in [5.74, 6) is 0. The summed E-state index contributed by atoms with van der Waals surface area (Å²) in [7, 11) is 0. The minimum atomic E-state index is 0.345. The van der Waals surface area contributed by atoms with Crippen LogP contribution < -0.4 is 5.73 Å². The van der Waals surface area contributed by atoms with E-state index < -0.39 is 0 Å². The van der Waals surface area contributed by atoms with Crippen LogP contribution in [-0.4, -0.2) is 24.0 Å². The number of hydrogen-bond acceptors (Lipinski definition) is 3. The molecule has 96 valence electrons. The third kappa shape index (κ3) is 3.09. The van der Waals surface area contributed by atoms with E-state index in [4.69, 9.17) is 5.73 Å². The number of rotatable bonds is 5. The highest BCUT2D eigenvalue weighted by atomic mass is 32.1. The fraction of sp³-hybridized carbons (Fsp3) is 0.714. The molecule has 1 aromatic rings. The van der Waals surface area contributed by atoms with E-state index in [0.29, 0.717) is 12.1 Å². The maximum atomic E-state index is 6.21. The Balaban J connectivity index is 1.91. The average molecular weight is 252 g/mol. The standard InChI is InChI=1S/C14H24N2S/c1-3-4-5-12(15)10-16-8-6-14-13(11(16)2)7-9-17-14/h7,9,11-12H,3-6,8,10,15H2,1-2H3. The van der Waals surface area contributed by atoms with Gasteiger partial charge in [0.15, 0.2) is 0 Å². The lowest BCUT2D eigenvalue weighted by Gasteiger charge is -2.35. The maximum Gasteiger partial charge on any atom is 0.0331 e. The third-order valence-electron chi connectivity index (χ3n) is 3.80. The van der Waals surface area contributed by atoms with Gasteiger partial charge in [0.25, 0.3) is 0 Å². The maximum absolute atomic E-state index is 6.21. The van der Waals surface area contributed by atoms with Gasteiger partial charge in [-0.3, -0.25) is 4.90 Å². The summed E-state index contributed by atoms with van der Waals surface area (Å²) in [4.78, 5) is 4.13. The first-order chi connectivity index (χ1) is 8.22.